The van der Waals surface area contributed by atoms with E-state index in [1.54, 1.807) is 12.1 Å². The van der Waals surface area contributed by atoms with Crippen molar-refractivity contribution in [2.24, 2.45) is 5.92 Å². The molecule has 2 saturated heterocycles. The standard InChI is InChI=1S/C23H26ClNO3/c1-13-6-14(2)19(23(27)7-13)4-5-22(26)20-8-16(24)9-21(15(20)3)25-11-18-10-17(25)12-28-18/h6-9,17-19H,4-5,10-12H2,1-3H3/t17-,18-,19?/m0/s1. The maximum atomic E-state index is 13.0. The SMILES string of the molecule is CC1=CC(=O)C(CCC(=O)c2cc(Cl)cc(N3C[C@@H]4C[C@H]3CO4)c2C)C(C)=C1. The molecule has 0 saturated carbocycles. The first-order valence-electron chi connectivity index (χ1n) is 9.95. The Labute approximate surface area is 171 Å². The molecule has 2 bridgehead atoms. The second-order valence-electron chi connectivity index (χ2n) is 8.29. The van der Waals surface area contributed by atoms with Crippen molar-refractivity contribution in [3.8, 4) is 0 Å². The van der Waals surface area contributed by atoms with Gasteiger partial charge in [-0.1, -0.05) is 23.3 Å². The van der Waals surface area contributed by atoms with Gasteiger partial charge in [0.1, 0.15) is 0 Å². The predicted molar refractivity (Wildman–Crippen MR) is 111 cm³/mol. The number of ketones is 2. The lowest BCUT2D eigenvalue weighted by Crippen LogP contribution is -2.37. The van der Waals surface area contributed by atoms with Crippen molar-refractivity contribution in [2.75, 3.05) is 18.1 Å². The Morgan fingerprint density at radius 2 is 2.04 bits per heavy atom. The first-order valence-corrected chi connectivity index (χ1v) is 10.3. The number of fused-ring (bicyclic) bond motifs is 2. The summed E-state index contributed by atoms with van der Waals surface area (Å²) in [6.07, 6.45) is 5.90. The van der Waals surface area contributed by atoms with Crippen molar-refractivity contribution in [3.63, 3.8) is 0 Å². The number of rotatable bonds is 5. The molecule has 28 heavy (non-hydrogen) atoms. The minimum Gasteiger partial charge on any atom is -0.374 e. The fourth-order valence-corrected chi connectivity index (χ4v) is 4.99. The van der Waals surface area contributed by atoms with Gasteiger partial charge < -0.3 is 9.64 Å². The average Bonchev–Trinajstić information content (AvgIpc) is 3.25. The van der Waals surface area contributed by atoms with Crippen LogP contribution in [0, 0.1) is 12.8 Å². The zero-order valence-electron chi connectivity index (χ0n) is 16.6. The molecule has 0 amide bonds. The van der Waals surface area contributed by atoms with E-state index in [1.807, 2.05) is 32.9 Å². The number of morpholine rings is 1. The molecule has 1 aliphatic carbocycles. The lowest BCUT2D eigenvalue weighted by molar-refractivity contribution is -0.117. The highest BCUT2D eigenvalue weighted by Gasteiger charge is 2.40. The average molecular weight is 400 g/mol. The molecule has 3 atom stereocenters. The van der Waals surface area contributed by atoms with E-state index >= 15 is 0 Å². The van der Waals surface area contributed by atoms with E-state index in [9.17, 15) is 9.59 Å². The summed E-state index contributed by atoms with van der Waals surface area (Å²) in [6.45, 7) is 7.48. The summed E-state index contributed by atoms with van der Waals surface area (Å²) in [7, 11) is 0. The van der Waals surface area contributed by atoms with Gasteiger partial charge in [0.05, 0.1) is 18.8 Å². The van der Waals surface area contributed by atoms with Crippen LogP contribution in [0.4, 0.5) is 5.69 Å². The molecule has 0 spiro atoms. The monoisotopic (exact) mass is 399 g/mol. The number of allylic oxidation sites excluding steroid dienone is 4. The van der Waals surface area contributed by atoms with Crippen LogP contribution >= 0.6 is 11.6 Å². The topological polar surface area (TPSA) is 46.6 Å². The van der Waals surface area contributed by atoms with Crippen molar-refractivity contribution in [1.29, 1.82) is 0 Å². The molecular weight excluding hydrogens is 374 g/mol. The van der Waals surface area contributed by atoms with Gasteiger partial charge in [-0.15, -0.1) is 0 Å². The van der Waals surface area contributed by atoms with Crippen LogP contribution in [0.3, 0.4) is 0 Å². The molecular formula is C23H26ClNO3. The maximum Gasteiger partial charge on any atom is 0.163 e. The molecule has 5 heteroatoms. The second-order valence-corrected chi connectivity index (χ2v) is 8.72. The summed E-state index contributed by atoms with van der Waals surface area (Å²) in [5.41, 5.74) is 4.69. The van der Waals surface area contributed by atoms with E-state index in [4.69, 9.17) is 16.3 Å². The molecule has 1 aromatic carbocycles. The number of halogens is 1. The number of hydrogen-bond donors (Lipinski definition) is 0. The van der Waals surface area contributed by atoms with Gasteiger partial charge in [-0.05, 0) is 63.0 Å². The zero-order chi connectivity index (χ0) is 20.0. The smallest absolute Gasteiger partial charge is 0.163 e. The molecule has 3 aliphatic rings. The lowest BCUT2D eigenvalue weighted by Gasteiger charge is -2.31. The number of hydrogen-bond acceptors (Lipinski definition) is 4. The zero-order valence-corrected chi connectivity index (χ0v) is 17.4. The molecule has 4 nitrogen and oxygen atoms in total. The minimum atomic E-state index is -0.196. The first-order chi connectivity index (χ1) is 13.3. The Bertz CT molecular complexity index is 901. The van der Waals surface area contributed by atoms with E-state index in [-0.39, 0.29) is 23.6 Å². The van der Waals surface area contributed by atoms with Crippen LogP contribution in [0.25, 0.3) is 0 Å². The Morgan fingerprint density at radius 1 is 1.25 bits per heavy atom. The Balaban J connectivity index is 1.52. The van der Waals surface area contributed by atoms with Crippen molar-refractivity contribution in [3.05, 3.63) is 51.6 Å². The number of nitrogens with zero attached hydrogens (tertiary/aromatic N) is 1. The number of carbonyl (C=O) groups excluding carboxylic acids is 2. The fraction of sp³-hybridized carbons (Fsp3) is 0.478. The number of benzene rings is 1. The van der Waals surface area contributed by atoms with Crippen molar-refractivity contribution in [1.82, 2.24) is 0 Å². The molecule has 0 radical (unpaired) electrons. The van der Waals surface area contributed by atoms with Gasteiger partial charge in [0, 0.05) is 35.2 Å². The van der Waals surface area contributed by atoms with Gasteiger partial charge in [-0.2, -0.15) is 0 Å². The van der Waals surface area contributed by atoms with E-state index in [0.717, 1.165) is 42.0 Å². The van der Waals surface area contributed by atoms with Crippen LogP contribution in [-0.4, -0.2) is 36.9 Å². The van der Waals surface area contributed by atoms with E-state index in [0.29, 0.717) is 29.5 Å². The molecule has 1 aromatic rings. The van der Waals surface area contributed by atoms with Gasteiger partial charge in [0.25, 0.3) is 0 Å². The lowest BCUT2D eigenvalue weighted by atomic mass is 9.84. The Hall–Kier alpha value is -1.91. The molecule has 1 unspecified atom stereocenters. The molecule has 0 aromatic heterocycles. The summed E-state index contributed by atoms with van der Waals surface area (Å²) in [6, 6.07) is 4.09. The number of anilines is 1. The normalized spacial score (nSPS) is 26.5. The van der Waals surface area contributed by atoms with E-state index < -0.39 is 0 Å². The van der Waals surface area contributed by atoms with Crippen molar-refractivity contribution < 1.29 is 14.3 Å². The largest absolute Gasteiger partial charge is 0.374 e. The highest BCUT2D eigenvalue weighted by Crippen LogP contribution is 2.37. The van der Waals surface area contributed by atoms with E-state index in [1.165, 1.54) is 0 Å². The minimum absolute atomic E-state index is 0.0498. The van der Waals surface area contributed by atoms with Crippen LogP contribution < -0.4 is 4.90 Å². The van der Waals surface area contributed by atoms with Gasteiger partial charge >= 0.3 is 0 Å². The van der Waals surface area contributed by atoms with Crippen LogP contribution in [0.2, 0.25) is 5.02 Å². The van der Waals surface area contributed by atoms with Crippen molar-refractivity contribution in [2.45, 2.75) is 52.2 Å². The number of ether oxygens (including phenoxy) is 1. The molecule has 2 aliphatic heterocycles. The highest BCUT2D eigenvalue weighted by molar-refractivity contribution is 6.31. The quantitative estimate of drug-likeness (QED) is 0.674. The number of Topliss-reactive ketones (excluding diaryl/α,β-unsaturated/α-hetero) is 1. The number of carbonyl (C=O) groups is 2. The van der Waals surface area contributed by atoms with Crippen LogP contribution in [0.15, 0.2) is 35.4 Å². The van der Waals surface area contributed by atoms with Gasteiger partial charge in [-0.25, -0.2) is 0 Å². The first kappa shape index (κ1) is 19.4. The summed E-state index contributed by atoms with van der Waals surface area (Å²) in [5, 5.41) is 0.580. The third kappa shape index (κ3) is 3.56. The summed E-state index contributed by atoms with van der Waals surface area (Å²) < 4.78 is 5.70. The second kappa shape index (κ2) is 7.49. The Morgan fingerprint density at radius 3 is 2.68 bits per heavy atom. The predicted octanol–water partition coefficient (Wildman–Crippen LogP) is 4.68. The Kier molecular flexibility index (Phi) is 5.19. The van der Waals surface area contributed by atoms with Crippen LogP contribution in [0.1, 0.15) is 49.0 Å². The molecule has 2 heterocycles. The third-order valence-corrected chi connectivity index (χ3v) is 6.45. The maximum absolute atomic E-state index is 13.0. The van der Waals surface area contributed by atoms with Gasteiger partial charge in [0.2, 0.25) is 0 Å². The van der Waals surface area contributed by atoms with Crippen LogP contribution in [0.5, 0.6) is 0 Å². The third-order valence-electron chi connectivity index (χ3n) is 6.23. The van der Waals surface area contributed by atoms with Crippen LogP contribution in [-0.2, 0) is 9.53 Å². The fourth-order valence-electron chi connectivity index (χ4n) is 4.78. The molecule has 2 fully saturated rings. The summed E-state index contributed by atoms with van der Waals surface area (Å²) in [4.78, 5) is 27.7. The van der Waals surface area contributed by atoms with Gasteiger partial charge in [-0.3, -0.25) is 9.59 Å². The molecule has 148 valence electrons. The van der Waals surface area contributed by atoms with E-state index in [2.05, 4.69) is 4.90 Å². The summed E-state index contributed by atoms with van der Waals surface area (Å²) in [5.74, 6) is -0.0475. The van der Waals surface area contributed by atoms with Gasteiger partial charge in [0.15, 0.2) is 11.6 Å². The summed E-state index contributed by atoms with van der Waals surface area (Å²) >= 11 is 6.38. The van der Waals surface area contributed by atoms with Crippen molar-refractivity contribution >= 4 is 28.9 Å². The highest BCUT2D eigenvalue weighted by atomic mass is 35.5. The molecule has 4 rings (SSSR count). The molecule has 0 N–H and O–H groups in total.